The lowest BCUT2D eigenvalue weighted by atomic mass is 9.90. The fraction of sp³-hybridized carbons (Fsp3) is 0.462. The van der Waals surface area contributed by atoms with Gasteiger partial charge >= 0.3 is 5.97 Å². The molecule has 4 heteroatoms. The molecule has 17 heavy (non-hydrogen) atoms. The van der Waals surface area contributed by atoms with Gasteiger partial charge in [-0.1, -0.05) is 12.1 Å². The van der Waals surface area contributed by atoms with Crippen LogP contribution >= 0.6 is 0 Å². The number of rotatable bonds is 2. The van der Waals surface area contributed by atoms with Gasteiger partial charge in [-0.05, 0) is 37.0 Å². The highest BCUT2D eigenvalue weighted by atomic mass is 19.1. The van der Waals surface area contributed by atoms with Gasteiger partial charge in [-0.15, -0.1) is 0 Å². The Kier molecular flexibility index (Phi) is 3.15. The summed E-state index contributed by atoms with van der Waals surface area (Å²) in [5.41, 5.74) is 0.417. The highest BCUT2D eigenvalue weighted by Gasteiger charge is 2.42. The number of carbonyl (C=O) groups is 1. The lowest BCUT2D eigenvalue weighted by Crippen LogP contribution is -2.45. The van der Waals surface area contributed by atoms with E-state index in [0.717, 1.165) is 5.56 Å². The number of nitrogens with one attached hydrogen (secondary N) is 1. The van der Waals surface area contributed by atoms with Crippen LogP contribution in [0.1, 0.15) is 24.8 Å². The summed E-state index contributed by atoms with van der Waals surface area (Å²) in [6, 6.07) is 6.43. The minimum Gasteiger partial charge on any atom is -0.468 e. The first kappa shape index (κ1) is 12.0. The Morgan fingerprint density at radius 1 is 1.47 bits per heavy atom. The van der Waals surface area contributed by atoms with Crippen molar-refractivity contribution in [3.8, 4) is 0 Å². The maximum Gasteiger partial charge on any atom is 0.325 e. The van der Waals surface area contributed by atoms with Crippen molar-refractivity contribution in [3.05, 3.63) is 35.6 Å². The number of benzene rings is 1. The van der Waals surface area contributed by atoms with Crippen molar-refractivity contribution < 1.29 is 13.9 Å². The van der Waals surface area contributed by atoms with Crippen molar-refractivity contribution in [2.45, 2.75) is 24.8 Å². The number of methoxy groups -OCH3 is 1. The topological polar surface area (TPSA) is 38.3 Å². The van der Waals surface area contributed by atoms with Crippen LogP contribution in [0.4, 0.5) is 4.39 Å². The van der Waals surface area contributed by atoms with E-state index in [1.807, 2.05) is 6.92 Å². The number of hydrogen-bond acceptors (Lipinski definition) is 3. The van der Waals surface area contributed by atoms with E-state index >= 15 is 0 Å². The molecule has 2 atom stereocenters. The van der Waals surface area contributed by atoms with Crippen LogP contribution in [-0.4, -0.2) is 25.2 Å². The normalized spacial score (nSPS) is 28.1. The van der Waals surface area contributed by atoms with Gasteiger partial charge in [0, 0.05) is 6.54 Å². The Morgan fingerprint density at radius 3 is 2.71 bits per heavy atom. The molecule has 0 spiro atoms. The predicted octanol–water partition coefficient (Wildman–Crippen LogP) is 1.83. The van der Waals surface area contributed by atoms with Crippen LogP contribution in [0.2, 0.25) is 0 Å². The molecule has 0 aromatic heterocycles. The van der Waals surface area contributed by atoms with Gasteiger partial charge < -0.3 is 10.1 Å². The summed E-state index contributed by atoms with van der Waals surface area (Å²) < 4.78 is 17.6. The molecule has 1 heterocycles. The van der Waals surface area contributed by atoms with Crippen LogP contribution in [0.25, 0.3) is 0 Å². The zero-order valence-corrected chi connectivity index (χ0v) is 10.00. The maximum absolute atomic E-state index is 12.8. The van der Waals surface area contributed by atoms with E-state index in [0.29, 0.717) is 13.0 Å². The van der Waals surface area contributed by atoms with Crippen molar-refractivity contribution in [2.24, 2.45) is 0 Å². The van der Waals surface area contributed by atoms with Gasteiger partial charge in [-0.3, -0.25) is 4.79 Å². The molecule has 92 valence electrons. The Hall–Kier alpha value is -1.42. The van der Waals surface area contributed by atoms with Crippen molar-refractivity contribution in [1.82, 2.24) is 5.32 Å². The van der Waals surface area contributed by atoms with Crippen LogP contribution < -0.4 is 5.32 Å². The van der Waals surface area contributed by atoms with E-state index in [4.69, 9.17) is 4.74 Å². The van der Waals surface area contributed by atoms with Crippen LogP contribution in [0, 0.1) is 5.82 Å². The van der Waals surface area contributed by atoms with Crippen LogP contribution in [0.15, 0.2) is 24.3 Å². The Bertz CT molecular complexity index is 418. The van der Waals surface area contributed by atoms with E-state index in [1.165, 1.54) is 19.2 Å². The lowest BCUT2D eigenvalue weighted by molar-refractivity contribution is -0.147. The van der Waals surface area contributed by atoms with Gasteiger partial charge in [0.1, 0.15) is 11.4 Å². The third-order valence-electron chi connectivity index (χ3n) is 3.37. The van der Waals surface area contributed by atoms with E-state index in [1.54, 1.807) is 12.1 Å². The van der Waals surface area contributed by atoms with Crippen molar-refractivity contribution in [3.63, 3.8) is 0 Å². The van der Waals surface area contributed by atoms with Gasteiger partial charge in [0.15, 0.2) is 0 Å². The first-order valence-corrected chi connectivity index (χ1v) is 5.64. The SMILES string of the molecule is COC(=O)C1(C)CC(c2ccc(F)cc2)CN1. The largest absolute Gasteiger partial charge is 0.468 e. The van der Waals surface area contributed by atoms with Crippen LogP contribution in [0.5, 0.6) is 0 Å². The first-order valence-electron chi connectivity index (χ1n) is 5.64. The van der Waals surface area contributed by atoms with Gasteiger partial charge in [0.05, 0.1) is 7.11 Å². The second-order valence-electron chi connectivity index (χ2n) is 4.66. The van der Waals surface area contributed by atoms with Gasteiger partial charge in [0.25, 0.3) is 0 Å². The van der Waals surface area contributed by atoms with E-state index in [9.17, 15) is 9.18 Å². The molecule has 1 aromatic carbocycles. The Morgan fingerprint density at radius 2 is 2.12 bits per heavy atom. The molecule has 2 rings (SSSR count). The fourth-order valence-corrected chi connectivity index (χ4v) is 2.34. The van der Waals surface area contributed by atoms with Gasteiger partial charge in [0.2, 0.25) is 0 Å². The smallest absolute Gasteiger partial charge is 0.325 e. The highest BCUT2D eigenvalue weighted by molar-refractivity contribution is 5.80. The molecular weight excluding hydrogens is 221 g/mol. The third kappa shape index (κ3) is 2.31. The quantitative estimate of drug-likeness (QED) is 0.797. The number of hydrogen-bond donors (Lipinski definition) is 1. The summed E-state index contributed by atoms with van der Waals surface area (Å²) >= 11 is 0. The average Bonchev–Trinajstić information content (AvgIpc) is 2.73. The average molecular weight is 237 g/mol. The van der Waals surface area contributed by atoms with Crippen molar-refractivity contribution in [2.75, 3.05) is 13.7 Å². The summed E-state index contributed by atoms with van der Waals surface area (Å²) in [6.07, 6.45) is 0.672. The van der Waals surface area contributed by atoms with E-state index < -0.39 is 5.54 Å². The Balaban J connectivity index is 2.12. The standard InChI is InChI=1S/C13H16FNO2/c1-13(12(16)17-2)7-10(8-15-13)9-3-5-11(14)6-4-9/h3-6,10,15H,7-8H2,1-2H3. The summed E-state index contributed by atoms with van der Waals surface area (Å²) in [5.74, 6) is -0.266. The fourth-order valence-electron chi connectivity index (χ4n) is 2.34. The molecule has 0 radical (unpaired) electrons. The molecule has 1 aromatic rings. The molecular formula is C13H16FNO2. The molecule has 0 saturated carbocycles. The molecule has 0 bridgehead atoms. The van der Waals surface area contributed by atoms with Crippen LogP contribution in [-0.2, 0) is 9.53 Å². The number of carbonyl (C=O) groups excluding carboxylic acids is 1. The highest BCUT2D eigenvalue weighted by Crippen LogP contribution is 2.32. The summed E-state index contributed by atoms with van der Waals surface area (Å²) in [4.78, 5) is 11.6. The first-order chi connectivity index (χ1) is 8.05. The molecule has 0 aliphatic carbocycles. The van der Waals surface area contributed by atoms with E-state index in [2.05, 4.69) is 5.32 Å². The molecule has 1 aliphatic rings. The Labute approximate surface area is 100.0 Å². The second kappa shape index (κ2) is 4.45. The number of ether oxygens (including phenoxy) is 1. The van der Waals surface area contributed by atoms with Gasteiger partial charge in [-0.25, -0.2) is 4.39 Å². The summed E-state index contributed by atoms with van der Waals surface area (Å²) in [5, 5.41) is 3.18. The van der Waals surface area contributed by atoms with Gasteiger partial charge in [-0.2, -0.15) is 0 Å². The number of halogens is 1. The monoisotopic (exact) mass is 237 g/mol. The van der Waals surface area contributed by atoms with Crippen LogP contribution in [0.3, 0.4) is 0 Å². The van der Waals surface area contributed by atoms with Crippen molar-refractivity contribution >= 4 is 5.97 Å². The zero-order chi connectivity index (χ0) is 12.5. The molecule has 1 saturated heterocycles. The zero-order valence-electron chi connectivity index (χ0n) is 10.00. The molecule has 1 N–H and O–H groups in total. The lowest BCUT2D eigenvalue weighted by Gasteiger charge is -2.20. The predicted molar refractivity (Wildman–Crippen MR) is 62.2 cm³/mol. The molecule has 3 nitrogen and oxygen atoms in total. The molecule has 1 fully saturated rings. The molecule has 2 unspecified atom stereocenters. The molecule has 0 amide bonds. The second-order valence-corrected chi connectivity index (χ2v) is 4.66. The molecule has 1 aliphatic heterocycles. The number of esters is 1. The van der Waals surface area contributed by atoms with E-state index in [-0.39, 0.29) is 17.7 Å². The summed E-state index contributed by atoms with van der Waals surface area (Å²) in [7, 11) is 1.39. The third-order valence-corrected chi connectivity index (χ3v) is 3.37. The summed E-state index contributed by atoms with van der Waals surface area (Å²) in [6.45, 7) is 2.54. The van der Waals surface area contributed by atoms with Crippen molar-refractivity contribution in [1.29, 1.82) is 0 Å². The minimum absolute atomic E-state index is 0.222. The minimum atomic E-state index is -0.631. The maximum atomic E-state index is 12.8.